The summed E-state index contributed by atoms with van der Waals surface area (Å²) in [4.78, 5) is 31.1. The first kappa shape index (κ1) is 14.1. The topological polar surface area (TPSA) is 91.6 Å². The van der Waals surface area contributed by atoms with E-state index in [9.17, 15) is 9.59 Å². The van der Waals surface area contributed by atoms with Crippen molar-refractivity contribution in [1.82, 2.24) is 14.8 Å². The molecule has 21 heavy (non-hydrogen) atoms. The number of nitrogens with two attached hydrogens (primary N) is 1. The highest BCUT2D eigenvalue weighted by Crippen LogP contribution is 2.40. The van der Waals surface area contributed by atoms with Crippen LogP contribution >= 0.6 is 11.3 Å². The fourth-order valence-corrected chi connectivity index (χ4v) is 3.20. The predicted molar refractivity (Wildman–Crippen MR) is 80.5 cm³/mol. The van der Waals surface area contributed by atoms with E-state index in [0.29, 0.717) is 37.2 Å². The minimum absolute atomic E-state index is 0.155. The van der Waals surface area contributed by atoms with E-state index in [0.717, 1.165) is 12.1 Å². The van der Waals surface area contributed by atoms with E-state index in [4.69, 9.17) is 5.73 Å². The Kier molecular flexibility index (Phi) is 3.96. The third-order valence-corrected chi connectivity index (χ3v) is 4.60. The Labute approximate surface area is 127 Å². The Morgan fingerprint density at radius 1 is 1.24 bits per heavy atom. The number of carbonyl (C=O) groups is 2. The molecule has 0 unspecified atom stereocenters. The molecule has 0 radical (unpaired) electrons. The number of rotatable bonds is 2. The van der Waals surface area contributed by atoms with Crippen LogP contribution < -0.4 is 11.1 Å². The molecular weight excluding hydrogens is 290 g/mol. The van der Waals surface area contributed by atoms with Gasteiger partial charge in [0, 0.05) is 37.5 Å². The lowest BCUT2D eigenvalue weighted by Gasteiger charge is -2.20. The lowest BCUT2D eigenvalue weighted by Crippen LogP contribution is -2.40. The van der Waals surface area contributed by atoms with Crippen LogP contribution in [0.15, 0.2) is 5.38 Å². The smallest absolute Gasteiger partial charge is 0.323 e. The zero-order valence-electron chi connectivity index (χ0n) is 11.7. The molecule has 2 heterocycles. The summed E-state index contributed by atoms with van der Waals surface area (Å²) < 4.78 is 0. The van der Waals surface area contributed by atoms with E-state index in [2.05, 4.69) is 10.3 Å². The number of hydrogen-bond donors (Lipinski definition) is 2. The van der Waals surface area contributed by atoms with Crippen LogP contribution in [0.1, 0.15) is 30.9 Å². The predicted octanol–water partition coefficient (Wildman–Crippen LogP) is 1.64. The molecule has 2 fully saturated rings. The highest BCUT2D eigenvalue weighted by Gasteiger charge is 2.27. The van der Waals surface area contributed by atoms with Crippen LogP contribution in [0.25, 0.3) is 0 Å². The molecule has 4 amide bonds. The van der Waals surface area contributed by atoms with Gasteiger partial charge >= 0.3 is 12.1 Å². The van der Waals surface area contributed by atoms with Gasteiger partial charge in [0.25, 0.3) is 0 Å². The molecule has 0 spiro atoms. The highest BCUT2D eigenvalue weighted by molar-refractivity contribution is 7.13. The molecule has 0 atom stereocenters. The number of amides is 4. The van der Waals surface area contributed by atoms with Gasteiger partial charge in [0.1, 0.15) is 0 Å². The van der Waals surface area contributed by atoms with Crippen molar-refractivity contribution in [3.8, 4) is 0 Å². The van der Waals surface area contributed by atoms with E-state index in [1.54, 1.807) is 9.80 Å². The summed E-state index contributed by atoms with van der Waals surface area (Å²) in [5.41, 5.74) is 6.37. The average Bonchev–Trinajstić information content (AvgIpc) is 3.24. The van der Waals surface area contributed by atoms with Crippen molar-refractivity contribution in [2.75, 3.05) is 31.5 Å². The van der Waals surface area contributed by atoms with Gasteiger partial charge in [0.15, 0.2) is 5.13 Å². The maximum absolute atomic E-state index is 12.2. The molecule has 2 aliphatic rings. The lowest BCUT2D eigenvalue weighted by atomic mass is 10.3. The average molecular weight is 309 g/mol. The number of hydrogen-bond acceptors (Lipinski definition) is 4. The second kappa shape index (κ2) is 5.88. The normalized spacial score (nSPS) is 19.2. The zero-order chi connectivity index (χ0) is 14.8. The first-order valence-electron chi connectivity index (χ1n) is 7.19. The molecule has 1 saturated carbocycles. The summed E-state index contributed by atoms with van der Waals surface area (Å²) in [7, 11) is 0. The van der Waals surface area contributed by atoms with E-state index in [1.807, 2.05) is 5.38 Å². The summed E-state index contributed by atoms with van der Waals surface area (Å²) in [5.74, 6) is 0.592. The van der Waals surface area contributed by atoms with Gasteiger partial charge in [0.2, 0.25) is 0 Å². The van der Waals surface area contributed by atoms with Crippen molar-refractivity contribution in [3.05, 3.63) is 11.1 Å². The molecule has 0 aromatic carbocycles. The second-order valence-corrected chi connectivity index (χ2v) is 6.31. The standard InChI is InChI=1S/C13H19N5O2S/c14-11(19)17-4-1-5-18(7-6-17)13(20)16-12-15-10(8-21-12)9-2-3-9/h8-9H,1-7H2,(H2,14,19)(H,15,16,20). The van der Waals surface area contributed by atoms with Crippen molar-refractivity contribution in [2.45, 2.75) is 25.2 Å². The SMILES string of the molecule is NC(=O)N1CCCN(C(=O)Nc2nc(C3CC3)cs2)CC1. The number of thiazole rings is 1. The Bertz CT molecular complexity index is 542. The van der Waals surface area contributed by atoms with Gasteiger partial charge in [-0.25, -0.2) is 14.6 Å². The van der Waals surface area contributed by atoms with Gasteiger partial charge in [-0.3, -0.25) is 5.32 Å². The fraction of sp³-hybridized carbons (Fsp3) is 0.615. The van der Waals surface area contributed by atoms with E-state index in [-0.39, 0.29) is 6.03 Å². The highest BCUT2D eigenvalue weighted by atomic mass is 32.1. The molecule has 1 aliphatic heterocycles. The number of primary amides is 1. The quantitative estimate of drug-likeness (QED) is 0.870. The van der Waals surface area contributed by atoms with Gasteiger partial charge in [0.05, 0.1) is 5.69 Å². The Morgan fingerprint density at radius 3 is 2.67 bits per heavy atom. The number of anilines is 1. The molecule has 1 saturated heterocycles. The summed E-state index contributed by atoms with van der Waals surface area (Å²) in [5, 5.41) is 5.52. The molecule has 3 rings (SSSR count). The van der Waals surface area contributed by atoms with Gasteiger partial charge < -0.3 is 15.5 Å². The third-order valence-electron chi connectivity index (χ3n) is 3.83. The van der Waals surface area contributed by atoms with E-state index >= 15 is 0 Å². The van der Waals surface area contributed by atoms with Crippen LogP contribution in [-0.2, 0) is 0 Å². The van der Waals surface area contributed by atoms with Gasteiger partial charge in [-0.2, -0.15) is 0 Å². The molecule has 1 aliphatic carbocycles. The number of carbonyl (C=O) groups excluding carboxylic acids is 2. The van der Waals surface area contributed by atoms with Gasteiger partial charge in [-0.1, -0.05) is 0 Å². The van der Waals surface area contributed by atoms with Crippen molar-refractivity contribution in [3.63, 3.8) is 0 Å². The van der Waals surface area contributed by atoms with Crippen molar-refractivity contribution in [1.29, 1.82) is 0 Å². The molecule has 3 N–H and O–H groups in total. The summed E-state index contributed by atoms with van der Waals surface area (Å²) in [6.07, 6.45) is 3.14. The van der Waals surface area contributed by atoms with Crippen LogP contribution in [0.2, 0.25) is 0 Å². The van der Waals surface area contributed by atoms with Crippen LogP contribution in [0.3, 0.4) is 0 Å². The van der Waals surface area contributed by atoms with Crippen LogP contribution in [0.4, 0.5) is 14.7 Å². The molecule has 0 bridgehead atoms. The zero-order valence-corrected chi connectivity index (χ0v) is 12.6. The lowest BCUT2D eigenvalue weighted by molar-refractivity contribution is 0.203. The number of aromatic nitrogens is 1. The van der Waals surface area contributed by atoms with E-state index in [1.165, 1.54) is 24.2 Å². The Balaban J connectivity index is 1.55. The largest absolute Gasteiger partial charge is 0.351 e. The number of urea groups is 2. The number of nitrogens with one attached hydrogen (secondary N) is 1. The van der Waals surface area contributed by atoms with Gasteiger partial charge in [-0.05, 0) is 19.3 Å². The van der Waals surface area contributed by atoms with E-state index < -0.39 is 6.03 Å². The van der Waals surface area contributed by atoms with Crippen molar-refractivity contribution in [2.24, 2.45) is 5.73 Å². The molecule has 1 aromatic rings. The summed E-state index contributed by atoms with van der Waals surface area (Å²) in [6.45, 7) is 2.20. The summed E-state index contributed by atoms with van der Waals surface area (Å²) >= 11 is 1.47. The van der Waals surface area contributed by atoms with Crippen molar-refractivity contribution >= 4 is 28.5 Å². The van der Waals surface area contributed by atoms with Crippen LogP contribution in [0.5, 0.6) is 0 Å². The number of nitrogens with zero attached hydrogens (tertiary/aromatic N) is 3. The molecular formula is C13H19N5O2S. The first-order chi connectivity index (χ1) is 10.1. The minimum atomic E-state index is -0.425. The Morgan fingerprint density at radius 2 is 1.95 bits per heavy atom. The molecule has 8 heteroatoms. The summed E-state index contributed by atoms with van der Waals surface area (Å²) in [6, 6.07) is -0.579. The minimum Gasteiger partial charge on any atom is -0.351 e. The third kappa shape index (κ3) is 3.44. The monoisotopic (exact) mass is 309 g/mol. The molecule has 1 aromatic heterocycles. The molecule has 114 valence electrons. The van der Waals surface area contributed by atoms with Crippen LogP contribution in [-0.4, -0.2) is 53.0 Å². The second-order valence-electron chi connectivity index (χ2n) is 5.45. The van der Waals surface area contributed by atoms with Gasteiger partial charge in [-0.15, -0.1) is 11.3 Å². The Hall–Kier alpha value is -1.83. The van der Waals surface area contributed by atoms with Crippen molar-refractivity contribution < 1.29 is 9.59 Å². The van der Waals surface area contributed by atoms with Crippen LogP contribution in [0, 0.1) is 0 Å². The first-order valence-corrected chi connectivity index (χ1v) is 8.07. The molecule has 7 nitrogen and oxygen atoms in total. The fourth-order valence-electron chi connectivity index (χ4n) is 2.42. The maximum atomic E-state index is 12.2. The maximum Gasteiger partial charge on any atom is 0.323 e.